The van der Waals surface area contributed by atoms with Gasteiger partial charge in [-0.1, -0.05) is 30.0 Å². The highest BCUT2D eigenvalue weighted by Gasteiger charge is 2.22. The molecule has 0 saturated heterocycles. The Bertz CT molecular complexity index is 1400. The van der Waals surface area contributed by atoms with Gasteiger partial charge in [0.15, 0.2) is 0 Å². The number of aryl methyl sites for hydroxylation is 2. The molecule has 8 nitrogen and oxygen atoms in total. The van der Waals surface area contributed by atoms with Crippen LogP contribution >= 0.6 is 11.8 Å². The molecule has 0 unspecified atom stereocenters. The highest BCUT2D eigenvalue weighted by Crippen LogP contribution is 2.30. The fourth-order valence-electron chi connectivity index (χ4n) is 3.82. The van der Waals surface area contributed by atoms with E-state index in [2.05, 4.69) is 26.9 Å². The lowest BCUT2D eigenvalue weighted by atomic mass is 10.1. The Morgan fingerprint density at radius 2 is 1.79 bits per heavy atom. The lowest BCUT2D eigenvalue weighted by Crippen LogP contribution is -2.18. The maximum atomic E-state index is 13.5. The van der Waals surface area contributed by atoms with Crippen LogP contribution in [0.5, 0.6) is 0 Å². The van der Waals surface area contributed by atoms with Crippen molar-refractivity contribution in [3.63, 3.8) is 0 Å². The highest BCUT2D eigenvalue weighted by atomic mass is 32.2. The average Bonchev–Trinajstić information content (AvgIpc) is 3.35. The van der Waals surface area contributed by atoms with E-state index in [-0.39, 0.29) is 17.5 Å². The second kappa shape index (κ2) is 9.49. The number of anilines is 1. The Balaban J connectivity index is 1.59. The fraction of sp³-hybridized carbons (Fsp3) is 0.208. The van der Waals surface area contributed by atoms with Crippen molar-refractivity contribution < 1.29 is 9.18 Å². The summed E-state index contributed by atoms with van der Waals surface area (Å²) in [7, 11) is 0. The molecule has 0 radical (unpaired) electrons. The first-order valence-corrected chi connectivity index (χ1v) is 11.5. The molecule has 0 fully saturated rings. The smallest absolute Gasteiger partial charge is 0.236 e. The predicted molar refractivity (Wildman–Crippen MR) is 128 cm³/mol. The van der Waals surface area contributed by atoms with E-state index in [1.54, 1.807) is 21.4 Å². The number of nitriles is 1. The van der Waals surface area contributed by atoms with Gasteiger partial charge in [0.05, 0.1) is 17.0 Å². The molecule has 4 aromatic rings. The van der Waals surface area contributed by atoms with Crippen molar-refractivity contribution >= 4 is 23.5 Å². The van der Waals surface area contributed by atoms with E-state index in [1.807, 2.05) is 45.9 Å². The number of para-hydroxylation sites is 1. The summed E-state index contributed by atoms with van der Waals surface area (Å²) in [6.07, 6.45) is 0. The number of hydrogen-bond donors (Lipinski definition) is 1. The Kier molecular flexibility index (Phi) is 6.47. The van der Waals surface area contributed by atoms with Crippen molar-refractivity contribution in [2.24, 2.45) is 0 Å². The number of nitrogens with one attached hydrogen (secondary N) is 1. The molecule has 0 saturated carbocycles. The van der Waals surface area contributed by atoms with E-state index in [1.165, 1.54) is 23.9 Å². The quantitative estimate of drug-likeness (QED) is 0.414. The van der Waals surface area contributed by atoms with Gasteiger partial charge in [-0.15, -0.1) is 5.10 Å². The third kappa shape index (κ3) is 4.30. The molecular formula is C24H22FN7OS. The standard InChI is InChI=1S/C24H22FN7OS/c1-14-6-5-7-15(2)22(14)32-24(28-29-30-32)34-13-21(33)27-23-20(12-26)16(3)17(4)31(23)19-10-8-18(25)9-11-19/h5-11H,13H2,1-4H3,(H,27,33). The van der Waals surface area contributed by atoms with Gasteiger partial charge in [0.1, 0.15) is 17.7 Å². The lowest BCUT2D eigenvalue weighted by Gasteiger charge is -2.13. The third-order valence-corrected chi connectivity index (χ3v) is 6.51. The molecule has 0 aliphatic carbocycles. The molecule has 0 bridgehead atoms. The molecule has 10 heteroatoms. The molecule has 4 rings (SSSR count). The number of aromatic nitrogens is 5. The van der Waals surface area contributed by atoms with Gasteiger partial charge in [-0.3, -0.25) is 9.36 Å². The van der Waals surface area contributed by atoms with Gasteiger partial charge < -0.3 is 5.32 Å². The monoisotopic (exact) mass is 475 g/mol. The van der Waals surface area contributed by atoms with Gasteiger partial charge in [0.25, 0.3) is 0 Å². The van der Waals surface area contributed by atoms with E-state index >= 15 is 0 Å². The zero-order valence-corrected chi connectivity index (χ0v) is 19.9. The van der Waals surface area contributed by atoms with Crippen LogP contribution in [-0.2, 0) is 4.79 Å². The molecule has 0 aliphatic heterocycles. The van der Waals surface area contributed by atoms with Crippen LogP contribution in [0.25, 0.3) is 11.4 Å². The zero-order chi connectivity index (χ0) is 24.4. The van der Waals surface area contributed by atoms with Crippen molar-refractivity contribution in [2.45, 2.75) is 32.9 Å². The normalized spacial score (nSPS) is 10.8. The van der Waals surface area contributed by atoms with Gasteiger partial charge in [0, 0.05) is 11.4 Å². The SMILES string of the molecule is Cc1cccc(C)c1-n1nnnc1SCC(=O)Nc1c(C#N)c(C)c(C)n1-c1ccc(F)cc1. The molecule has 172 valence electrons. The van der Waals surface area contributed by atoms with E-state index in [0.29, 0.717) is 22.2 Å². The number of benzene rings is 2. The highest BCUT2D eigenvalue weighted by molar-refractivity contribution is 7.99. The number of nitrogens with zero attached hydrogens (tertiary/aromatic N) is 6. The molecule has 1 N–H and O–H groups in total. The summed E-state index contributed by atoms with van der Waals surface area (Å²) < 4.78 is 16.8. The largest absolute Gasteiger partial charge is 0.310 e. The molecule has 2 aromatic heterocycles. The van der Waals surface area contributed by atoms with Crippen molar-refractivity contribution in [3.8, 4) is 17.4 Å². The fourth-order valence-corrected chi connectivity index (χ4v) is 4.50. The van der Waals surface area contributed by atoms with E-state index in [4.69, 9.17) is 0 Å². The van der Waals surface area contributed by atoms with E-state index in [0.717, 1.165) is 28.1 Å². The van der Waals surface area contributed by atoms with Crippen molar-refractivity contribution in [3.05, 3.63) is 76.2 Å². The Morgan fingerprint density at radius 1 is 1.12 bits per heavy atom. The topological polar surface area (TPSA) is 101 Å². The molecule has 2 heterocycles. The minimum atomic E-state index is -0.366. The summed E-state index contributed by atoms with van der Waals surface area (Å²) in [4.78, 5) is 12.9. The maximum absolute atomic E-state index is 13.5. The minimum absolute atomic E-state index is 0.0306. The predicted octanol–water partition coefficient (Wildman–Crippen LogP) is 4.43. The van der Waals surface area contributed by atoms with Gasteiger partial charge in [0.2, 0.25) is 11.1 Å². The number of carbonyl (C=O) groups is 1. The summed E-state index contributed by atoms with van der Waals surface area (Å²) in [6.45, 7) is 7.62. The Labute approximate surface area is 200 Å². The molecule has 0 atom stereocenters. The molecule has 1 amide bonds. The summed E-state index contributed by atoms with van der Waals surface area (Å²) in [5.74, 6) is -0.306. The van der Waals surface area contributed by atoms with Gasteiger partial charge in [-0.05, 0) is 79.1 Å². The zero-order valence-electron chi connectivity index (χ0n) is 19.1. The third-order valence-electron chi connectivity index (χ3n) is 5.59. The van der Waals surface area contributed by atoms with E-state index < -0.39 is 0 Å². The van der Waals surface area contributed by atoms with Crippen LogP contribution in [-0.4, -0.2) is 36.4 Å². The molecule has 34 heavy (non-hydrogen) atoms. The lowest BCUT2D eigenvalue weighted by molar-refractivity contribution is -0.113. The van der Waals surface area contributed by atoms with Crippen LogP contribution in [0.4, 0.5) is 10.2 Å². The number of halogens is 1. The molecule has 0 aliphatic rings. The van der Waals surface area contributed by atoms with E-state index in [9.17, 15) is 14.4 Å². The number of tetrazole rings is 1. The van der Waals surface area contributed by atoms with Gasteiger partial charge >= 0.3 is 0 Å². The first-order valence-electron chi connectivity index (χ1n) is 10.5. The minimum Gasteiger partial charge on any atom is -0.310 e. The summed E-state index contributed by atoms with van der Waals surface area (Å²) in [6, 6.07) is 14.0. The van der Waals surface area contributed by atoms with Crippen molar-refractivity contribution in [1.82, 2.24) is 24.8 Å². The number of amides is 1. The van der Waals surface area contributed by atoms with Gasteiger partial charge in [-0.25, -0.2) is 4.39 Å². The van der Waals surface area contributed by atoms with Crippen molar-refractivity contribution in [1.29, 1.82) is 5.26 Å². The number of thioether (sulfide) groups is 1. The summed E-state index contributed by atoms with van der Waals surface area (Å²) >= 11 is 1.19. The number of hydrogen-bond acceptors (Lipinski definition) is 6. The van der Waals surface area contributed by atoms with Crippen molar-refractivity contribution in [2.75, 3.05) is 11.1 Å². The Morgan fingerprint density at radius 3 is 2.44 bits per heavy atom. The van der Waals surface area contributed by atoms with Crippen LogP contribution in [0.15, 0.2) is 47.6 Å². The average molecular weight is 476 g/mol. The number of carbonyl (C=O) groups excluding carboxylic acids is 1. The van der Waals surface area contributed by atoms with Gasteiger partial charge in [-0.2, -0.15) is 9.94 Å². The van der Waals surface area contributed by atoms with Crippen LogP contribution < -0.4 is 5.32 Å². The Hall–Kier alpha value is -3.97. The second-order valence-electron chi connectivity index (χ2n) is 7.81. The van der Waals surface area contributed by atoms with Crippen LogP contribution in [0.3, 0.4) is 0 Å². The number of rotatable bonds is 6. The molecule has 2 aromatic carbocycles. The molecular weight excluding hydrogens is 453 g/mol. The van der Waals surface area contributed by atoms with Crippen LogP contribution in [0, 0.1) is 44.8 Å². The summed E-state index contributed by atoms with van der Waals surface area (Å²) in [5, 5.41) is 25.0. The first-order chi connectivity index (χ1) is 16.3. The first kappa shape index (κ1) is 23.2. The van der Waals surface area contributed by atoms with Crippen LogP contribution in [0.2, 0.25) is 0 Å². The summed E-state index contributed by atoms with van der Waals surface area (Å²) in [5.41, 5.74) is 5.43. The van der Waals surface area contributed by atoms with Crippen LogP contribution in [0.1, 0.15) is 27.9 Å². The maximum Gasteiger partial charge on any atom is 0.236 e. The second-order valence-corrected chi connectivity index (χ2v) is 8.75. The molecule has 0 spiro atoms.